The Hall–Kier alpha value is -2.08. The highest BCUT2D eigenvalue weighted by molar-refractivity contribution is 7.15. The molecular formula is C13H8F2N2OS. The van der Waals surface area contributed by atoms with Gasteiger partial charge in [-0.15, -0.1) is 11.3 Å². The molecule has 0 saturated heterocycles. The van der Waals surface area contributed by atoms with Crippen LogP contribution in [0.15, 0.2) is 36.0 Å². The van der Waals surface area contributed by atoms with Crippen LogP contribution in [-0.2, 0) is 6.42 Å². The summed E-state index contributed by atoms with van der Waals surface area (Å²) in [5.74, 6) is -1.83. The van der Waals surface area contributed by atoms with Crippen molar-refractivity contribution in [3.63, 3.8) is 0 Å². The maximum absolute atomic E-state index is 13.5. The molecule has 1 aromatic carbocycles. The lowest BCUT2D eigenvalue weighted by Crippen LogP contribution is -2.07. The van der Waals surface area contributed by atoms with Gasteiger partial charge in [-0.2, -0.15) is 0 Å². The van der Waals surface area contributed by atoms with Crippen LogP contribution in [0.1, 0.15) is 16.1 Å². The number of Topliss-reactive ketones (excluding diaryl/α,β-unsaturated/α-hetero) is 1. The molecule has 3 nitrogen and oxygen atoms in total. The highest BCUT2D eigenvalue weighted by Crippen LogP contribution is 2.15. The van der Waals surface area contributed by atoms with E-state index in [-0.39, 0.29) is 12.0 Å². The quantitative estimate of drug-likeness (QED) is 0.690. The first-order valence-corrected chi connectivity index (χ1v) is 6.41. The van der Waals surface area contributed by atoms with Crippen LogP contribution in [-0.4, -0.2) is 15.2 Å². The van der Waals surface area contributed by atoms with Crippen LogP contribution in [0, 0.1) is 11.6 Å². The number of benzene rings is 1. The van der Waals surface area contributed by atoms with Crippen LogP contribution in [0.4, 0.5) is 8.78 Å². The van der Waals surface area contributed by atoms with Gasteiger partial charge in [-0.1, -0.05) is 0 Å². The Morgan fingerprint density at radius 1 is 1.37 bits per heavy atom. The average molecular weight is 278 g/mol. The summed E-state index contributed by atoms with van der Waals surface area (Å²) in [5.41, 5.74) is 0.303. The predicted octanol–water partition coefficient (Wildman–Crippen LogP) is 3.10. The highest BCUT2D eigenvalue weighted by Gasteiger charge is 2.15. The Bertz CT molecular complexity index is 734. The molecule has 0 fully saturated rings. The number of imidazole rings is 1. The van der Waals surface area contributed by atoms with Crippen LogP contribution in [0.2, 0.25) is 0 Å². The fourth-order valence-corrected chi connectivity index (χ4v) is 2.55. The first kappa shape index (κ1) is 12.0. The number of thiazole rings is 1. The van der Waals surface area contributed by atoms with Crippen molar-refractivity contribution in [2.45, 2.75) is 6.42 Å². The molecule has 2 heterocycles. The molecule has 0 amide bonds. The van der Waals surface area contributed by atoms with Gasteiger partial charge < -0.3 is 0 Å². The molecular weight excluding hydrogens is 270 g/mol. The van der Waals surface area contributed by atoms with Crippen molar-refractivity contribution < 1.29 is 13.6 Å². The number of hydrogen-bond donors (Lipinski definition) is 0. The van der Waals surface area contributed by atoms with Crippen LogP contribution in [0.5, 0.6) is 0 Å². The number of aromatic nitrogens is 2. The van der Waals surface area contributed by atoms with Gasteiger partial charge in [0.2, 0.25) is 0 Å². The zero-order valence-electron chi connectivity index (χ0n) is 9.64. The predicted molar refractivity (Wildman–Crippen MR) is 67.5 cm³/mol. The lowest BCUT2D eigenvalue weighted by molar-refractivity contribution is 0.0987. The van der Waals surface area contributed by atoms with Crippen LogP contribution >= 0.6 is 11.3 Å². The van der Waals surface area contributed by atoms with Gasteiger partial charge in [-0.3, -0.25) is 9.20 Å². The molecule has 96 valence electrons. The molecule has 0 aliphatic rings. The van der Waals surface area contributed by atoms with E-state index in [1.54, 1.807) is 10.6 Å². The van der Waals surface area contributed by atoms with Crippen molar-refractivity contribution >= 4 is 22.1 Å². The van der Waals surface area contributed by atoms with Gasteiger partial charge in [-0.05, 0) is 18.2 Å². The van der Waals surface area contributed by atoms with E-state index >= 15 is 0 Å². The van der Waals surface area contributed by atoms with Crippen molar-refractivity contribution in [1.29, 1.82) is 0 Å². The molecule has 0 bridgehead atoms. The molecule has 2 aromatic heterocycles. The van der Waals surface area contributed by atoms with E-state index in [4.69, 9.17) is 0 Å². The molecule has 6 heteroatoms. The lowest BCUT2D eigenvalue weighted by atomic mass is 10.1. The molecule has 0 saturated carbocycles. The SMILES string of the molecule is O=C(Cc1cn2ccsc2n1)c1cc(F)ccc1F. The van der Waals surface area contributed by atoms with E-state index in [2.05, 4.69) is 4.98 Å². The zero-order chi connectivity index (χ0) is 13.4. The number of halogens is 2. The Morgan fingerprint density at radius 2 is 2.21 bits per heavy atom. The van der Waals surface area contributed by atoms with E-state index in [0.29, 0.717) is 5.69 Å². The Balaban J connectivity index is 1.88. The second-order valence-electron chi connectivity index (χ2n) is 4.05. The Kier molecular flexibility index (Phi) is 2.87. The Morgan fingerprint density at radius 3 is 3.00 bits per heavy atom. The smallest absolute Gasteiger partial charge is 0.193 e. The molecule has 19 heavy (non-hydrogen) atoms. The van der Waals surface area contributed by atoms with Gasteiger partial charge in [0.05, 0.1) is 17.7 Å². The summed E-state index contributed by atoms with van der Waals surface area (Å²) in [6.45, 7) is 0. The minimum Gasteiger partial charge on any atom is -0.297 e. The number of nitrogens with zero attached hydrogens (tertiary/aromatic N) is 2. The summed E-state index contributed by atoms with van der Waals surface area (Å²) in [7, 11) is 0. The van der Waals surface area contributed by atoms with Gasteiger partial charge in [0, 0.05) is 17.8 Å². The fourth-order valence-electron chi connectivity index (χ4n) is 1.83. The summed E-state index contributed by atoms with van der Waals surface area (Å²) in [6.07, 6.45) is 3.49. The molecule has 0 aliphatic carbocycles. The molecule has 0 N–H and O–H groups in total. The third-order valence-corrected chi connectivity index (χ3v) is 3.48. The molecule has 0 atom stereocenters. The van der Waals surface area contributed by atoms with Crippen molar-refractivity contribution in [3.05, 3.63) is 58.9 Å². The second-order valence-corrected chi connectivity index (χ2v) is 4.92. The molecule has 0 unspecified atom stereocenters. The molecule has 0 radical (unpaired) electrons. The molecule has 0 spiro atoms. The summed E-state index contributed by atoms with van der Waals surface area (Å²) >= 11 is 1.44. The molecule has 3 rings (SSSR count). The second kappa shape index (κ2) is 4.55. The fraction of sp³-hybridized carbons (Fsp3) is 0.0769. The minimum absolute atomic E-state index is 0.0469. The topological polar surface area (TPSA) is 34.4 Å². The number of fused-ring (bicyclic) bond motifs is 1. The van der Waals surface area contributed by atoms with E-state index < -0.39 is 17.4 Å². The first-order chi connectivity index (χ1) is 9.13. The van der Waals surface area contributed by atoms with Crippen molar-refractivity contribution in [1.82, 2.24) is 9.38 Å². The largest absolute Gasteiger partial charge is 0.297 e. The molecule has 3 aromatic rings. The Labute approximate surface area is 111 Å². The number of hydrogen-bond acceptors (Lipinski definition) is 3. The number of carbonyl (C=O) groups is 1. The lowest BCUT2D eigenvalue weighted by Gasteiger charge is -2.01. The summed E-state index contributed by atoms with van der Waals surface area (Å²) in [4.78, 5) is 16.9. The summed E-state index contributed by atoms with van der Waals surface area (Å²) < 4.78 is 28.3. The average Bonchev–Trinajstić information content (AvgIpc) is 2.92. The van der Waals surface area contributed by atoms with Crippen molar-refractivity contribution in [2.24, 2.45) is 0 Å². The van der Waals surface area contributed by atoms with E-state index in [9.17, 15) is 13.6 Å². The number of rotatable bonds is 3. The number of carbonyl (C=O) groups excluding carboxylic acids is 1. The van der Waals surface area contributed by atoms with Crippen molar-refractivity contribution in [2.75, 3.05) is 0 Å². The van der Waals surface area contributed by atoms with Gasteiger partial charge in [0.1, 0.15) is 11.6 Å². The highest BCUT2D eigenvalue weighted by atomic mass is 32.1. The van der Waals surface area contributed by atoms with E-state index in [1.165, 1.54) is 11.3 Å². The maximum atomic E-state index is 13.5. The summed E-state index contributed by atoms with van der Waals surface area (Å²) in [5, 5.41) is 1.88. The third kappa shape index (κ3) is 2.26. The van der Waals surface area contributed by atoms with E-state index in [1.807, 2.05) is 11.6 Å². The van der Waals surface area contributed by atoms with Gasteiger partial charge in [-0.25, -0.2) is 13.8 Å². The number of ketones is 1. The van der Waals surface area contributed by atoms with Crippen LogP contribution in [0.25, 0.3) is 4.96 Å². The van der Waals surface area contributed by atoms with E-state index in [0.717, 1.165) is 23.2 Å². The standard InChI is InChI=1S/C13H8F2N2OS/c14-8-1-2-11(15)10(5-8)12(18)6-9-7-17-3-4-19-13(17)16-9/h1-5,7H,6H2. The summed E-state index contributed by atoms with van der Waals surface area (Å²) in [6, 6.07) is 2.85. The van der Waals surface area contributed by atoms with Gasteiger partial charge in [0.15, 0.2) is 10.7 Å². The monoisotopic (exact) mass is 278 g/mol. The normalized spacial score (nSPS) is 11.1. The zero-order valence-corrected chi connectivity index (χ0v) is 10.5. The van der Waals surface area contributed by atoms with Crippen molar-refractivity contribution in [3.8, 4) is 0 Å². The van der Waals surface area contributed by atoms with Gasteiger partial charge >= 0.3 is 0 Å². The first-order valence-electron chi connectivity index (χ1n) is 5.53. The minimum atomic E-state index is -0.715. The van der Waals surface area contributed by atoms with Gasteiger partial charge in [0.25, 0.3) is 0 Å². The van der Waals surface area contributed by atoms with Crippen LogP contribution in [0.3, 0.4) is 0 Å². The maximum Gasteiger partial charge on any atom is 0.193 e. The molecule has 0 aliphatic heterocycles. The third-order valence-electron chi connectivity index (χ3n) is 2.71. The van der Waals surface area contributed by atoms with Crippen LogP contribution < -0.4 is 0 Å².